The summed E-state index contributed by atoms with van der Waals surface area (Å²) in [6, 6.07) is 10.1. The van der Waals surface area contributed by atoms with Crippen LogP contribution in [0.2, 0.25) is 30.1 Å². The topological polar surface area (TPSA) is 40.5 Å². The van der Waals surface area contributed by atoms with Gasteiger partial charge in [0.05, 0.1) is 42.9 Å². The van der Waals surface area contributed by atoms with Crippen molar-refractivity contribution in [2.75, 3.05) is 0 Å². The number of nitrogens with one attached hydrogen (secondary N) is 1. The summed E-state index contributed by atoms with van der Waals surface area (Å²) >= 11 is 36.8. The maximum atomic E-state index is 6.21. The Bertz CT molecular complexity index is 1010. The zero-order chi connectivity index (χ0) is 21.3. The first-order valence-corrected chi connectivity index (χ1v) is 10.5. The van der Waals surface area contributed by atoms with Gasteiger partial charge in [-0.1, -0.05) is 69.6 Å². The zero-order valence-corrected chi connectivity index (χ0v) is 19.7. The Morgan fingerprint density at radius 3 is 1.24 bits per heavy atom. The number of hydrogen-bond donors (Lipinski definition) is 1. The van der Waals surface area contributed by atoms with Crippen molar-refractivity contribution in [2.24, 2.45) is 9.98 Å². The van der Waals surface area contributed by atoms with Crippen molar-refractivity contribution in [1.82, 2.24) is 4.98 Å². The smallest absolute Gasteiger partial charge is 0.101 e. The van der Waals surface area contributed by atoms with Crippen LogP contribution in [0.25, 0.3) is 0 Å². The molecule has 1 heterocycles. The van der Waals surface area contributed by atoms with Crippen LogP contribution in [-0.4, -0.2) is 16.4 Å². The van der Waals surface area contributed by atoms with Gasteiger partial charge in [0.1, 0.15) is 11.4 Å². The maximum absolute atomic E-state index is 6.21. The van der Waals surface area contributed by atoms with Crippen LogP contribution in [0.3, 0.4) is 0 Å². The quantitative estimate of drug-likeness (QED) is 0.342. The minimum Gasteiger partial charge on any atom is -0.353 e. The molecule has 3 aromatic rings. The van der Waals surface area contributed by atoms with E-state index in [1.165, 1.54) is 0 Å². The fourth-order valence-electron chi connectivity index (χ4n) is 2.56. The molecule has 29 heavy (non-hydrogen) atoms. The predicted molar refractivity (Wildman–Crippen MR) is 127 cm³/mol. The molecular formula is C20H13Cl6N3. The SMILES string of the molecule is CC(=Nc1c(Cl)cc(Cl)cc1Cl)c1ccc(C(C)=Nc2c(Cl)cc(Cl)cc2Cl)[nH]1. The van der Waals surface area contributed by atoms with Gasteiger partial charge in [0, 0.05) is 10.0 Å². The van der Waals surface area contributed by atoms with Crippen LogP contribution in [0.4, 0.5) is 11.4 Å². The molecule has 0 bridgehead atoms. The van der Waals surface area contributed by atoms with Crippen LogP contribution in [0, 0.1) is 0 Å². The van der Waals surface area contributed by atoms with E-state index in [1.54, 1.807) is 24.3 Å². The Morgan fingerprint density at radius 2 is 0.931 bits per heavy atom. The summed E-state index contributed by atoms with van der Waals surface area (Å²) in [6.45, 7) is 3.69. The molecule has 0 atom stereocenters. The second-order valence-electron chi connectivity index (χ2n) is 6.12. The molecule has 0 aliphatic carbocycles. The van der Waals surface area contributed by atoms with Crippen LogP contribution >= 0.6 is 69.6 Å². The number of H-pyrrole nitrogens is 1. The van der Waals surface area contributed by atoms with E-state index in [9.17, 15) is 0 Å². The molecule has 0 radical (unpaired) electrons. The highest BCUT2D eigenvalue weighted by atomic mass is 35.5. The highest BCUT2D eigenvalue weighted by Crippen LogP contribution is 2.37. The van der Waals surface area contributed by atoms with Gasteiger partial charge in [0.25, 0.3) is 0 Å². The van der Waals surface area contributed by atoms with E-state index in [1.807, 2.05) is 26.0 Å². The van der Waals surface area contributed by atoms with E-state index >= 15 is 0 Å². The van der Waals surface area contributed by atoms with Crippen molar-refractivity contribution < 1.29 is 0 Å². The second kappa shape index (κ2) is 9.30. The lowest BCUT2D eigenvalue weighted by atomic mass is 10.2. The molecule has 1 aromatic heterocycles. The molecule has 0 unspecified atom stereocenters. The summed E-state index contributed by atoms with van der Waals surface area (Å²) in [5, 5.41) is 2.39. The van der Waals surface area contributed by atoms with Gasteiger partial charge in [-0.2, -0.15) is 0 Å². The third-order valence-corrected chi connectivity index (χ3v) is 5.58. The number of rotatable bonds is 4. The Labute approximate surface area is 198 Å². The van der Waals surface area contributed by atoms with E-state index < -0.39 is 0 Å². The molecule has 3 nitrogen and oxygen atoms in total. The van der Waals surface area contributed by atoms with Crippen molar-refractivity contribution in [3.8, 4) is 0 Å². The van der Waals surface area contributed by atoms with Gasteiger partial charge >= 0.3 is 0 Å². The average Bonchev–Trinajstić information content (AvgIpc) is 3.11. The second-order valence-corrected chi connectivity index (χ2v) is 8.62. The van der Waals surface area contributed by atoms with Crippen molar-refractivity contribution in [2.45, 2.75) is 13.8 Å². The lowest BCUT2D eigenvalue weighted by Gasteiger charge is -2.05. The summed E-state index contributed by atoms with van der Waals surface area (Å²) in [5.41, 5.74) is 3.86. The summed E-state index contributed by atoms with van der Waals surface area (Å²) in [7, 11) is 0. The lowest BCUT2D eigenvalue weighted by Crippen LogP contribution is -1.99. The molecule has 0 amide bonds. The van der Waals surface area contributed by atoms with Gasteiger partial charge in [0.2, 0.25) is 0 Å². The molecular weight excluding hydrogens is 495 g/mol. The third kappa shape index (κ3) is 5.29. The highest BCUT2D eigenvalue weighted by Gasteiger charge is 2.11. The van der Waals surface area contributed by atoms with Crippen molar-refractivity contribution in [3.05, 3.63) is 77.9 Å². The van der Waals surface area contributed by atoms with Gasteiger partial charge in [-0.05, 0) is 50.2 Å². The van der Waals surface area contributed by atoms with Gasteiger partial charge in [-0.3, -0.25) is 0 Å². The Hall–Kier alpha value is -1.20. The normalized spacial score (nSPS) is 12.6. The minimum absolute atomic E-state index is 0.374. The molecule has 2 aromatic carbocycles. The van der Waals surface area contributed by atoms with Crippen LogP contribution in [0.5, 0.6) is 0 Å². The lowest BCUT2D eigenvalue weighted by molar-refractivity contribution is 1.30. The van der Waals surface area contributed by atoms with Crippen molar-refractivity contribution >= 4 is 92.4 Å². The Morgan fingerprint density at radius 1 is 0.621 bits per heavy atom. The van der Waals surface area contributed by atoms with Crippen LogP contribution in [0.1, 0.15) is 25.2 Å². The van der Waals surface area contributed by atoms with E-state index in [2.05, 4.69) is 15.0 Å². The average molecular weight is 508 g/mol. The first-order chi connectivity index (χ1) is 13.7. The first-order valence-electron chi connectivity index (χ1n) is 8.25. The molecule has 9 heteroatoms. The molecule has 150 valence electrons. The number of benzene rings is 2. The van der Waals surface area contributed by atoms with Crippen LogP contribution < -0.4 is 0 Å². The van der Waals surface area contributed by atoms with Gasteiger partial charge in [-0.15, -0.1) is 0 Å². The summed E-state index contributed by atoms with van der Waals surface area (Å²) in [4.78, 5) is 12.3. The van der Waals surface area contributed by atoms with E-state index in [-0.39, 0.29) is 0 Å². The van der Waals surface area contributed by atoms with Crippen LogP contribution in [-0.2, 0) is 0 Å². The molecule has 0 aliphatic heterocycles. The van der Waals surface area contributed by atoms with E-state index in [4.69, 9.17) is 69.6 Å². The number of nitrogens with zero attached hydrogens (tertiary/aromatic N) is 2. The number of hydrogen-bond acceptors (Lipinski definition) is 2. The number of halogens is 6. The van der Waals surface area contributed by atoms with Crippen molar-refractivity contribution in [3.63, 3.8) is 0 Å². The van der Waals surface area contributed by atoms with Gasteiger partial charge in [0.15, 0.2) is 0 Å². The third-order valence-electron chi connectivity index (χ3n) is 3.99. The number of aromatic nitrogens is 1. The van der Waals surface area contributed by atoms with Gasteiger partial charge < -0.3 is 4.98 Å². The first kappa shape index (κ1) is 22.5. The Kier molecular flexibility index (Phi) is 7.21. The molecule has 0 saturated carbocycles. The largest absolute Gasteiger partial charge is 0.353 e. The monoisotopic (exact) mass is 505 g/mol. The van der Waals surface area contributed by atoms with E-state index in [0.717, 1.165) is 11.4 Å². The fourth-order valence-corrected chi connectivity index (χ4v) is 4.36. The summed E-state index contributed by atoms with van der Waals surface area (Å²) in [6.07, 6.45) is 0. The Balaban J connectivity index is 1.93. The summed E-state index contributed by atoms with van der Waals surface area (Å²) < 4.78 is 0. The zero-order valence-electron chi connectivity index (χ0n) is 15.1. The summed E-state index contributed by atoms with van der Waals surface area (Å²) in [5.74, 6) is 0. The number of aromatic amines is 1. The predicted octanol–water partition coefficient (Wildman–Crippen LogP) is 9.22. The fraction of sp³-hybridized carbons (Fsp3) is 0.100. The number of aliphatic imine (C=N–C) groups is 2. The highest BCUT2D eigenvalue weighted by molar-refractivity contribution is 6.42. The molecule has 3 rings (SSSR count). The molecule has 0 spiro atoms. The van der Waals surface area contributed by atoms with E-state index in [0.29, 0.717) is 52.9 Å². The van der Waals surface area contributed by atoms with Gasteiger partial charge in [-0.25, -0.2) is 9.98 Å². The molecule has 0 saturated heterocycles. The van der Waals surface area contributed by atoms with Crippen molar-refractivity contribution in [1.29, 1.82) is 0 Å². The standard InChI is InChI=1S/C20H13Cl6N3/c1-9(27-19-13(23)5-11(21)6-14(19)24)17-3-4-18(29-17)10(2)28-20-15(25)7-12(22)8-16(20)26/h3-8,29H,1-2H3. The maximum Gasteiger partial charge on any atom is 0.101 e. The molecule has 1 N–H and O–H groups in total. The molecule has 0 aliphatic rings. The van der Waals surface area contributed by atoms with Crippen LogP contribution in [0.15, 0.2) is 46.4 Å². The molecule has 0 fully saturated rings. The minimum atomic E-state index is 0.374.